The van der Waals surface area contributed by atoms with Gasteiger partial charge in [0.05, 0.1) is 0 Å². The molecule has 0 spiro atoms. The van der Waals surface area contributed by atoms with Gasteiger partial charge in [0.25, 0.3) is 0 Å². The molecule has 0 saturated carbocycles. The van der Waals surface area contributed by atoms with E-state index in [1.165, 1.54) is 11.6 Å². The summed E-state index contributed by atoms with van der Waals surface area (Å²) >= 11 is 0. The fraction of sp³-hybridized carbons (Fsp3) is 0.0909. The number of hydrazine groups is 1. The Balaban J connectivity index is 2.49. The van der Waals surface area contributed by atoms with Gasteiger partial charge in [0.1, 0.15) is 5.82 Å². The lowest BCUT2D eigenvalue weighted by molar-refractivity contribution is -0.160. The second kappa shape index (κ2) is 4.53. The van der Waals surface area contributed by atoms with Crippen LogP contribution >= 0.6 is 0 Å². The monoisotopic (exact) mass is 252 g/mol. The summed E-state index contributed by atoms with van der Waals surface area (Å²) in [5, 5.41) is 0. The van der Waals surface area contributed by atoms with Gasteiger partial charge in [-0.15, -0.1) is 0 Å². The Morgan fingerprint density at radius 1 is 1.33 bits per heavy atom. The van der Waals surface area contributed by atoms with E-state index in [1.54, 1.807) is 30.3 Å². The predicted octanol–water partition coefficient (Wildman–Crippen LogP) is 1.09. The summed E-state index contributed by atoms with van der Waals surface area (Å²) in [6.45, 7) is 0. The lowest BCUT2D eigenvalue weighted by Gasteiger charge is -2.17. The molecule has 0 saturated heterocycles. The van der Waals surface area contributed by atoms with Crippen molar-refractivity contribution in [2.45, 2.75) is 6.05 Å². The van der Waals surface area contributed by atoms with Crippen molar-refractivity contribution in [3.05, 3.63) is 42.7 Å². The molecule has 0 aliphatic heterocycles. The Morgan fingerprint density at radius 2 is 2.00 bits per heavy atom. The van der Waals surface area contributed by atoms with Gasteiger partial charge in [-0.1, -0.05) is 30.3 Å². The van der Waals surface area contributed by atoms with Gasteiger partial charge in [-0.2, -0.15) is 8.78 Å². The second-order valence-electron chi connectivity index (χ2n) is 3.50. The minimum atomic E-state index is -3.80. The molecule has 18 heavy (non-hydrogen) atoms. The molecule has 0 bridgehead atoms. The standard InChI is InChI=1S/C11H10F2N4O/c12-11(13,10(18)16-14)17-7-6-15-9(17)8-4-2-1-3-5-8/h1-7H,14H2,(H,16,18). The van der Waals surface area contributed by atoms with E-state index in [-0.39, 0.29) is 5.82 Å². The summed E-state index contributed by atoms with van der Waals surface area (Å²) in [4.78, 5) is 14.9. The van der Waals surface area contributed by atoms with Crippen LogP contribution in [0.2, 0.25) is 0 Å². The fourth-order valence-corrected chi connectivity index (χ4v) is 1.53. The normalized spacial score (nSPS) is 11.3. The number of hydrogen-bond donors (Lipinski definition) is 2. The van der Waals surface area contributed by atoms with Crippen molar-refractivity contribution >= 4 is 5.91 Å². The molecule has 1 aromatic heterocycles. The van der Waals surface area contributed by atoms with E-state index in [4.69, 9.17) is 5.84 Å². The molecule has 0 unspecified atom stereocenters. The van der Waals surface area contributed by atoms with E-state index < -0.39 is 12.0 Å². The van der Waals surface area contributed by atoms with Gasteiger partial charge in [0.2, 0.25) is 0 Å². The number of nitrogens with one attached hydrogen (secondary N) is 1. The van der Waals surface area contributed by atoms with Gasteiger partial charge in [0.15, 0.2) is 0 Å². The number of benzene rings is 1. The van der Waals surface area contributed by atoms with Crippen molar-refractivity contribution in [2.24, 2.45) is 5.84 Å². The molecule has 0 fully saturated rings. The summed E-state index contributed by atoms with van der Waals surface area (Å²) in [6.07, 6.45) is 2.22. The molecule has 0 aliphatic rings. The maximum Gasteiger partial charge on any atom is 0.410 e. The largest absolute Gasteiger partial charge is 0.410 e. The van der Waals surface area contributed by atoms with Crippen LogP contribution in [0.1, 0.15) is 0 Å². The first-order valence-electron chi connectivity index (χ1n) is 5.05. The molecule has 0 aliphatic carbocycles. The Labute approximate surface area is 101 Å². The van der Waals surface area contributed by atoms with E-state index in [0.29, 0.717) is 10.1 Å². The molecule has 1 heterocycles. The zero-order chi connectivity index (χ0) is 13.2. The van der Waals surface area contributed by atoms with E-state index >= 15 is 0 Å². The number of rotatable bonds is 3. The van der Waals surface area contributed by atoms with Crippen molar-refractivity contribution in [1.82, 2.24) is 15.0 Å². The van der Waals surface area contributed by atoms with Gasteiger partial charge < -0.3 is 0 Å². The number of imidazole rings is 1. The number of alkyl halides is 2. The number of amides is 1. The Kier molecular flexibility index (Phi) is 3.07. The smallest absolute Gasteiger partial charge is 0.287 e. The third kappa shape index (κ3) is 1.95. The molecule has 3 N–H and O–H groups in total. The van der Waals surface area contributed by atoms with Crippen LogP contribution in [-0.2, 0) is 10.8 Å². The SMILES string of the molecule is NNC(=O)C(F)(F)n1ccnc1-c1ccccc1. The molecule has 5 nitrogen and oxygen atoms in total. The number of aromatic nitrogens is 2. The zero-order valence-electron chi connectivity index (χ0n) is 9.18. The van der Waals surface area contributed by atoms with Crippen LogP contribution in [0.15, 0.2) is 42.7 Å². The van der Waals surface area contributed by atoms with Crippen LogP contribution in [0.5, 0.6) is 0 Å². The van der Waals surface area contributed by atoms with Crippen molar-refractivity contribution in [2.75, 3.05) is 0 Å². The average Bonchev–Trinajstić information content (AvgIpc) is 2.88. The van der Waals surface area contributed by atoms with Gasteiger partial charge in [0, 0.05) is 18.0 Å². The van der Waals surface area contributed by atoms with Crippen LogP contribution in [0, 0.1) is 0 Å². The first-order valence-corrected chi connectivity index (χ1v) is 5.05. The molecule has 94 valence electrons. The van der Waals surface area contributed by atoms with Crippen molar-refractivity contribution in [3.8, 4) is 11.4 Å². The third-order valence-corrected chi connectivity index (χ3v) is 2.38. The van der Waals surface area contributed by atoms with Crippen LogP contribution in [0.3, 0.4) is 0 Å². The van der Waals surface area contributed by atoms with Crippen molar-refractivity contribution in [3.63, 3.8) is 0 Å². The highest BCUT2D eigenvalue weighted by atomic mass is 19.3. The summed E-state index contributed by atoms with van der Waals surface area (Å²) in [7, 11) is 0. The minimum absolute atomic E-state index is 0.01000. The quantitative estimate of drug-likeness (QED) is 0.488. The number of hydrogen-bond acceptors (Lipinski definition) is 3. The Bertz CT molecular complexity index is 553. The summed E-state index contributed by atoms with van der Waals surface area (Å²) in [5.74, 6) is 3.13. The lowest BCUT2D eigenvalue weighted by atomic mass is 10.2. The van der Waals surface area contributed by atoms with Crippen molar-refractivity contribution in [1.29, 1.82) is 0 Å². The molecule has 7 heteroatoms. The van der Waals surface area contributed by atoms with E-state index in [2.05, 4.69) is 4.98 Å². The van der Waals surface area contributed by atoms with Crippen LogP contribution in [0.4, 0.5) is 8.78 Å². The van der Waals surface area contributed by atoms with Gasteiger partial charge in [-0.25, -0.2) is 10.8 Å². The highest BCUT2D eigenvalue weighted by Crippen LogP contribution is 2.27. The van der Waals surface area contributed by atoms with Gasteiger partial charge in [-0.3, -0.25) is 14.8 Å². The number of nitrogens with zero attached hydrogens (tertiary/aromatic N) is 2. The maximum atomic E-state index is 13.8. The summed E-state index contributed by atoms with van der Waals surface area (Å²) in [5.41, 5.74) is 1.91. The summed E-state index contributed by atoms with van der Waals surface area (Å²) < 4.78 is 28.0. The number of nitrogens with two attached hydrogens (primary N) is 1. The number of carbonyl (C=O) groups excluding carboxylic acids is 1. The lowest BCUT2D eigenvalue weighted by Crippen LogP contribution is -2.45. The molecule has 0 radical (unpaired) electrons. The topological polar surface area (TPSA) is 72.9 Å². The van der Waals surface area contributed by atoms with Gasteiger partial charge in [-0.05, 0) is 0 Å². The first kappa shape index (κ1) is 12.2. The van der Waals surface area contributed by atoms with Crippen LogP contribution in [-0.4, -0.2) is 15.5 Å². The molecular formula is C11H10F2N4O. The minimum Gasteiger partial charge on any atom is -0.287 e. The molecule has 2 rings (SSSR count). The first-order chi connectivity index (χ1) is 8.57. The summed E-state index contributed by atoms with van der Waals surface area (Å²) in [6, 6.07) is 4.58. The second-order valence-corrected chi connectivity index (χ2v) is 3.50. The molecule has 1 amide bonds. The average molecular weight is 252 g/mol. The number of carbonyl (C=O) groups is 1. The van der Waals surface area contributed by atoms with E-state index in [9.17, 15) is 13.6 Å². The third-order valence-electron chi connectivity index (χ3n) is 2.38. The number of halogens is 2. The Morgan fingerprint density at radius 3 is 2.61 bits per heavy atom. The highest BCUT2D eigenvalue weighted by molar-refractivity contribution is 5.81. The van der Waals surface area contributed by atoms with E-state index in [1.807, 2.05) is 0 Å². The highest BCUT2D eigenvalue weighted by Gasteiger charge is 2.42. The molecule has 0 atom stereocenters. The predicted molar refractivity (Wildman–Crippen MR) is 60.2 cm³/mol. The fourth-order valence-electron chi connectivity index (χ4n) is 1.53. The molecular weight excluding hydrogens is 242 g/mol. The molecule has 1 aromatic carbocycles. The van der Waals surface area contributed by atoms with E-state index in [0.717, 1.165) is 6.20 Å². The maximum absolute atomic E-state index is 13.8. The van der Waals surface area contributed by atoms with Crippen LogP contribution < -0.4 is 11.3 Å². The van der Waals surface area contributed by atoms with Gasteiger partial charge >= 0.3 is 12.0 Å². The van der Waals surface area contributed by atoms with Crippen molar-refractivity contribution < 1.29 is 13.6 Å². The Hall–Kier alpha value is -2.28. The van der Waals surface area contributed by atoms with Crippen LogP contribution in [0.25, 0.3) is 11.4 Å². The zero-order valence-corrected chi connectivity index (χ0v) is 9.18. The molecule has 2 aromatic rings.